The Bertz CT molecular complexity index is 211. The minimum Gasteiger partial charge on any atom is -0.480 e. The molecule has 0 spiro atoms. The number of carbonyl (C=O) groups is 2. The third-order valence-corrected chi connectivity index (χ3v) is 2.07. The van der Waals surface area contributed by atoms with E-state index < -0.39 is 5.97 Å². The van der Waals surface area contributed by atoms with Crippen molar-refractivity contribution >= 4 is 11.8 Å². The summed E-state index contributed by atoms with van der Waals surface area (Å²) in [6.45, 7) is 7.56. The summed E-state index contributed by atoms with van der Waals surface area (Å²) in [6.07, 6.45) is 0. The molecule has 0 aliphatic heterocycles. The van der Waals surface area contributed by atoms with Crippen molar-refractivity contribution in [3.8, 4) is 0 Å². The molecule has 0 aliphatic carbocycles. The highest BCUT2D eigenvalue weighted by Crippen LogP contribution is 2.02. The van der Waals surface area contributed by atoms with Gasteiger partial charge in [0.05, 0.1) is 13.1 Å². The number of carbonyl (C=O) groups excluding carboxylic acids is 1. The summed E-state index contributed by atoms with van der Waals surface area (Å²) in [5, 5.41) is 8.63. The van der Waals surface area contributed by atoms with Crippen molar-refractivity contribution < 1.29 is 14.7 Å². The van der Waals surface area contributed by atoms with Gasteiger partial charge in [0.2, 0.25) is 0 Å². The van der Waals surface area contributed by atoms with Gasteiger partial charge in [0, 0.05) is 12.0 Å². The van der Waals surface area contributed by atoms with Crippen LogP contribution in [0, 0.1) is 5.92 Å². The zero-order valence-corrected chi connectivity index (χ0v) is 9.28. The van der Waals surface area contributed by atoms with Gasteiger partial charge in [-0.2, -0.15) is 0 Å². The van der Waals surface area contributed by atoms with E-state index in [1.807, 2.05) is 27.7 Å². The van der Waals surface area contributed by atoms with Crippen molar-refractivity contribution in [3.63, 3.8) is 0 Å². The van der Waals surface area contributed by atoms with E-state index in [1.54, 1.807) is 4.90 Å². The fraction of sp³-hybridized carbons (Fsp3) is 0.800. The Morgan fingerprint density at radius 1 is 1.14 bits per heavy atom. The van der Waals surface area contributed by atoms with Gasteiger partial charge in [0.15, 0.2) is 0 Å². The molecule has 4 heteroatoms. The van der Waals surface area contributed by atoms with E-state index in [1.165, 1.54) is 0 Å². The Labute approximate surface area is 84.9 Å². The molecule has 0 radical (unpaired) electrons. The Balaban J connectivity index is 4.23. The fourth-order valence-corrected chi connectivity index (χ4v) is 0.978. The van der Waals surface area contributed by atoms with Crippen molar-refractivity contribution in [1.29, 1.82) is 0 Å². The molecule has 82 valence electrons. The van der Waals surface area contributed by atoms with E-state index in [9.17, 15) is 9.59 Å². The second kappa shape index (κ2) is 5.75. The lowest BCUT2D eigenvalue weighted by Crippen LogP contribution is -2.40. The summed E-state index contributed by atoms with van der Waals surface area (Å²) in [4.78, 5) is 23.6. The smallest absolute Gasteiger partial charge is 0.317 e. The van der Waals surface area contributed by atoms with E-state index >= 15 is 0 Å². The maximum absolute atomic E-state index is 11.4. The second-order valence-electron chi connectivity index (χ2n) is 4.01. The van der Waals surface area contributed by atoms with Crippen molar-refractivity contribution in [2.24, 2.45) is 5.92 Å². The molecular weight excluding hydrogens is 182 g/mol. The zero-order valence-electron chi connectivity index (χ0n) is 9.28. The van der Waals surface area contributed by atoms with Crippen LogP contribution in [0.15, 0.2) is 0 Å². The van der Waals surface area contributed by atoms with Crippen LogP contribution in [0.25, 0.3) is 0 Å². The van der Waals surface area contributed by atoms with Crippen LogP contribution in [0.3, 0.4) is 0 Å². The lowest BCUT2D eigenvalue weighted by atomic mass is 10.1. The van der Waals surface area contributed by atoms with Gasteiger partial charge in [-0.1, -0.05) is 13.8 Å². The van der Waals surface area contributed by atoms with Crippen LogP contribution < -0.4 is 0 Å². The Hall–Kier alpha value is -0.900. The summed E-state index contributed by atoms with van der Waals surface area (Å²) in [5.41, 5.74) is 0. The molecule has 0 rings (SSSR count). The van der Waals surface area contributed by atoms with Crippen LogP contribution in [0.5, 0.6) is 0 Å². The maximum atomic E-state index is 11.4. The van der Waals surface area contributed by atoms with Gasteiger partial charge < -0.3 is 5.11 Å². The summed E-state index contributed by atoms with van der Waals surface area (Å²) < 4.78 is 0. The summed E-state index contributed by atoms with van der Waals surface area (Å²) in [6, 6.07) is 0.0776. The van der Waals surface area contributed by atoms with Crippen LogP contribution in [-0.2, 0) is 9.59 Å². The quantitative estimate of drug-likeness (QED) is 0.696. The standard InChI is InChI=1S/C10H19NO3/c1-7(2)9(12)5-11(8(3)4)6-10(13)14/h7-8H,5-6H2,1-4H3,(H,13,14). The van der Waals surface area contributed by atoms with Crippen LogP contribution >= 0.6 is 0 Å². The zero-order chi connectivity index (χ0) is 11.3. The average molecular weight is 201 g/mol. The first-order chi connectivity index (χ1) is 6.34. The molecule has 0 aromatic rings. The van der Waals surface area contributed by atoms with Gasteiger partial charge in [-0.3, -0.25) is 14.5 Å². The molecule has 0 saturated heterocycles. The fourth-order valence-electron chi connectivity index (χ4n) is 0.978. The van der Waals surface area contributed by atoms with E-state index in [0.29, 0.717) is 0 Å². The van der Waals surface area contributed by atoms with E-state index in [2.05, 4.69) is 0 Å². The second-order valence-corrected chi connectivity index (χ2v) is 4.01. The van der Waals surface area contributed by atoms with Crippen LogP contribution in [0.2, 0.25) is 0 Å². The van der Waals surface area contributed by atoms with E-state index in [4.69, 9.17) is 5.11 Å². The molecule has 1 N–H and O–H groups in total. The normalized spacial score (nSPS) is 11.4. The number of Topliss-reactive ketones (excluding diaryl/α,β-unsaturated/α-hetero) is 1. The maximum Gasteiger partial charge on any atom is 0.317 e. The minimum atomic E-state index is -0.893. The molecule has 0 heterocycles. The Morgan fingerprint density at radius 2 is 1.64 bits per heavy atom. The SMILES string of the molecule is CC(C)C(=O)CN(CC(=O)O)C(C)C. The number of hydrogen-bond donors (Lipinski definition) is 1. The number of carboxylic acid groups (broad SMARTS) is 1. The molecule has 0 saturated carbocycles. The highest BCUT2D eigenvalue weighted by molar-refractivity contribution is 5.82. The summed E-state index contributed by atoms with van der Waals surface area (Å²) in [7, 11) is 0. The van der Waals surface area contributed by atoms with E-state index in [-0.39, 0.29) is 30.8 Å². The molecule has 0 bridgehead atoms. The number of hydrogen-bond acceptors (Lipinski definition) is 3. The molecule has 0 fully saturated rings. The van der Waals surface area contributed by atoms with Crippen molar-refractivity contribution in [2.45, 2.75) is 33.7 Å². The third kappa shape index (κ3) is 4.97. The largest absolute Gasteiger partial charge is 0.480 e. The van der Waals surface area contributed by atoms with Crippen LogP contribution in [0.1, 0.15) is 27.7 Å². The molecule has 0 aromatic carbocycles. The molecule has 0 aromatic heterocycles. The van der Waals surface area contributed by atoms with Crippen molar-refractivity contribution in [3.05, 3.63) is 0 Å². The Morgan fingerprint density at radius 3 is 1.93 bits per heavy atom. The number of aliphatic carboxylic acids is 1. The first-order valence-corrected chi connectivity index (χ1v) is 4.83. The third-order valence-electron chi connectivity index (χ3n) is 2.07. The van der Waals surface area contributed by atoms with Gasteiger partial charge in [-0.25, -0.2) is 0 Å². The van der Waals surface area contributed by atoms with Gasteiger partial charge in [0.1, 0.15) is 5.78 Å². The Kier molecular flexibility index (Phi) is 5.38. The van der Waals surface area contributed by atoms with Gasteiger partial charge in [-0.15, -0.1) is 0 Å². The average Bonchev–Trinajstić information content (AvgIpc) is 2.01. The van der Waals surface area contributed by atoms with Crippen molar-refractivity contribution in [1.82, 2.24) is 4.90 Å². The first kappa shape index (κ1) is 13.1. The van der Waals surface area contributed by atoms with Gasteiger partial charge in [0.25, 0.3) is 0 Å². The van der Waals surface area contributed by atoms with Gasteiger partial charge in [-0.05, 0) is 13.8 Å². The predicted molar refractivity (Wildman–Crippen MR) is 54.2 cm³/mol. The predicted octanol–water partition coefficient (Wildman–Crippen LogP) is 1.01. The molecule has 0 aliphatic rings. The van der Waals surface area contributed by atoms with Gasteiger partial charge >= 0.3 is 5.97 Å². The number of carboxylic acids is 1. The van der Waals surface area contributed by atoms with Crippen LogP contribution in [0.4, 0.5) is 0 Å². The highest BCUT2D eigenvalue weighted by atomic mass is 16.4. The summed E-state index contributed by atoms with van der Waals surface area (Å²) >= 11 is 0. The minimum absolute atomic E-state index is 0.0370. The molecule has 14 heavy (non-hydrogen) atoms. The lowest BCUT2D eigenvalue weighted by molar-refractivity contribution is -0.139. The first-order valence-electron chi connectivity index (χ1n) is 4.83. The van der Waals surface area contributed by atoms with Crippen molar-refractivity contribution in [2.75, 3.05) is 13.1 Å². The topological polar surface area (TPSA) is 57.6 Å². The number of nitrogens with zero attached hydrogens (tertiary/aromatic N) is 1. The summed E-state index contributed by atoms with van der Waals surface area (Å²) in [5.74, 6) is -0.847. The monoisotopic (exact) mass is 201 g/mol. The van der Waals surface area contributed by atoms with E-state index in [0.717, 1.165) is 0 Å². The highest BCUT2D eigenvalue weighted by Gasteiger charge is 2.18. The van der Waals surface area contributed by atoms with Crippen LogP contribution in [-0.4, -0.2) is 40.9 Å². The lowest BCUT2D eigenvalue weighted by Gasteiger charge is -2.24. The molecule has 0 unspecified atom stereocenters. The number of rotatable bonds is 6. The molecule has 4 nitrogen and oxygen atoms in total. The number of ketones is 1. The molecule has 0 atom stereocenters. The molecular formula is C10H19NO3. The molecule has 0 amide bonds.